The molecule has 0 saturated heterocycles. The van der Waals surface area contributed by atoms with Gasteiger partial charge in [-0.3, -0.25) is 0 Å². The zero-order chi connectivity index (χ0) is 8.65. The molecule has 0 N–H and O–H groups in total. The molecule has 0 atom stereocenters. The zero-order valence-corrected chi connectivity index (χ0v) is 8.00. The number of unbranched alkanes of at least 4 members (excludes halogenated alkanes) is 3. The van der Waals surface area contributed by atoms with Crippen molar-refractivity contribution in [2.75, 3.05) is 13.1 Å². The maximum atomic E-state index is 2.37. The molecule has 0 unspecified atom stereocenters. The first-order valence-corrected chi connectivity index (χ1v) is 5.01. The van der Waals surface area contributed by atoms with E-state index in [9.17, 15) is 0 Å². The maximum absolute atomic E-state index is 2.37. The number of nitrogens with zero attached hydrogens (tertiary/aromatic N) is 1. The molecule has 67 valence electrons. The molecule has 1 heterocycles. The van der Waals surface area contributed by atoms with E-state index in [1.807, 2.05) is 0 Å². The van der Waals surface area contributed by atoms with Crippen molar-refractivity contribution in [3.8, 4) is 0 Å². The van der Waals surface area contributed by atoms with E-state index >= 15 is 0 Å². The van der Waals surface area contributed by atoms with E-state index in [0.717, 1.165) is 6.54 Å². The third kappa shape index (κ3) is 3.72. The van der Waals surface area contributed by atoms with Crippen molar-refractivity contribution in [1.82, 2.24) is 4.90 Å². The first kappa shape index (κ1) is 9.53. The lowest BCUT2D eigenvalue weighted by atomic mass is 10.2. The predicted molar refractivity (Wildman–Crippen MR) is 54.3 cm³/mol. The standard InChI is InChI=1S/C11H19N/c1-2-3-4-6-9-12-10-7-5-8-11-12/h5,7-8,10H,2-4,6,9,11H2,1H3/q+1. The fourth-order valence-corrected chi connectivity index (χ4v) is 1.41. The predicted octanol–water partition coefficient (Wildman–Crippen LogP) is 2.79. The zero-order valence-electron chi connectivity index (χ0n) is 8.00. The van der Waals surface area contributed by atoms with Crippen LogP contribution in [0.1, 0.15) is 32.6 Å². The van der Waals surface area contributed by atoms with Gasteiger partial charge in [-0.15, -0.1) is 4.90 Å². The molecule has 12 heavy (non-hydrogen) atoms. The van der Waals surface area contributed by atoms with Crippen LogP contribution in [0.4, 0.5) is 0 Å². The van der Waals surface area contributed by atoms with E-state index in [1.165, 1.54) is 32.2 Å². The van der Waals surface area contributed by atoms with Crippen LogP contribution in [0.25, 0.3) is 0 Å². The Morgan fingerprint density at radius 1 is 1.17 bits per heavy atom. The van der Waals surface area contributed by atoms with Gasteiger partial charge in [0.25, 0.3) is 0 Å². The molecule has 0 aromatic rings. The molecule has 0 aliphatic carbocycles. The normalized spacial score (nSPS) is 17.1. The van der Waals surface area contributed by atoms with Gasteiger partial charge in [-0.1, -0.05) is 25.8 Å². The van der Waals surface area contributed by atoms with Crippen LogP contribution in [-0.4, -0.2) is 13.1 Å². The lowest BCUT2D eigenvalue weighted by molar-refractivity contribution is 0.517. The molecule has 0 spiro atoms. The molecule has 0 amide bonds. The summed E-state index contributed by atoms with van der Waals surface area (Å²) in [6.45, 7) is 4.58. The van der Waals surface area contributed by atoms with Gasteiger partial charge >= 0.3 is 0 Å². The minimum Gasteiger partial charge on any atom is -0.137 e. The van der Waals surface area contributed by atoms with E-state index in [2.05, 4.69) is 36.3 Å². The molecule has 0 saturated carbocycles. The second kappa shape index (κ2) is 6.01. The third-order valence-corrected chi connectivity index (χ3v) is 2.18. The smallest absolute Gasteiger partial charge is 0.137 e. The summed E-state index contributed by atoms with van der Waals surface area (Å²) < 4.78 is 0. The summed E-state index contributed by atoms with van der Waals surface area (Å²) in [4.78, 5) is 2.37. The summed E-state index contributed by atoms with van der Waals surface area (Å²) in [7, 11) is 0. The third-order valence-electron chi connectivity index (χ3n) is 2.18. The highest BCUT2D eigenvalue weighted by molar-refractivity contribution is 5.10. The van der Waals surface area contributed by atoms with Crippen LogP contribution >= 0.6 is 0 Å². The van der Waals surface area contributed by atoms with Crippen molar-refractivity contribution < 1.29 is 0 Å². The van der Waals surface area contributed by atoms with Crippen molar-refractivity contribution in [2.24, 2.45) is 0 Å². The largest absolute Gasteiger partial charge is 0.146 e. The molecule has 1 nitrogen and oxygen atoms in total. The maximum Gasteiger partial charge on any atom is 0.146 e. The van der Waals surface area contributed by atoms with E-state index in [4.69, 9.17) is 0 Å². The summed E-state index contributed by atoms with van der Waals surface area (Å²) in [5, 5.41) is 0. The van der Waals surface area contributed by atoms with E-state index in [-0.39, 0.29) is 0 Å². The first-order valence-electron chi connectivity index (χ1n) is 5.01. The fourth-order valence-electron chi connectivity index (χ4n) is 1.41. The Kier molecular flexibility index (Phi) is 4.77. The average molecular weight is 165 g/mol. The van der Waals surface area contributed by atoms with E-state index in [0.29, 0.717) is 0 Å². The molecular formula is C11H19N+. The lowest BCUT2D eigenvalue weighted by Gasteiger charge is -2.06. The van der Waals surface area contributed by atoms with Gasteiger partial charge in [-0.05, 0) is 18.6 Å². The van der Waals surface area contributed by atoms with Gasteiger partial charge in [0.05, 0.1) is 0 Å². The van der Waals surface area contributed by atoms with Crippen molar-refractivity contribution in [1.29, 1.82) is 0 Å². The van der Waals surface area contributed by atoms with Crippen molar-refractivity contribution in [3.63, 3.8) is 0 Å². The molecule has 0 bridgehead atoms. The molecule has 1 aliphatic heterocycles. The Hall–Kier alpha value is -0.560. The highest BCUT2D eigenvalue weighted by atomic mass is 15.1. The van der Waals surface area contributed by atoms with Crippen LogP contribution in [0, 0.1) is 0 Å². The van der Waals surface area contributed by atoms with Crippen LogP contribution in [0.5, 0.6) is 0 Å². The monoisotopic (exact) mass is 165 g/mol. The Labute approximate surface area is 75.8 Å². The number of hydrogen-bond donors (Lipinski definition) is 0. The highest BCUT2D eigenvalue weighted by Gasteiger charge is 2.09. The summed E-state index contributed by atoms with van der Waals surface area (Å²) in [6, 6.07) is 0. The van der Waals surface area contributed by atoms with E-state index < -0.39 is 0 Å². The van der Waals surface area contributed by atoms with Gasteiger partial charge in [0.15, 0.2) is 0 Å². The van der Waals surface area contributed by atoms with Crippen LogP contribution in [0.15, 0.2) is 24.4 Å². The number of rotatable bonds is 5. The van der Waals surface area contributed by atoms with Crippen LogP contribution in [0.3, 0.4) is 0 Å². The van der Waals surface area contributed by atoms with Gasteiger partial charge in [0.1, 0.15) is 19.3 Å². The Morgan fingerprint density at radius 2 is 2.08 bits per heavy atom. The van der Waals surface area contributed by atoms with Crippen LogP contribution in [0.2, 0.25) is 0 Å². The van der Waals surface area contributed by atoms with Crippen LogP contribution < -0.4 is 4.90 Å². The SMILES string of the molecule is CCCCCC[N+]1C=CC=CC1. The molecular weight excluding hydrogens is 146 g/mol. The first-order chi connectivity index (χ1) is 5.93. The lowest BCUT2D eigenvalue weighted by Crippen LogP contribution is -2.26. The number of hydrogen-bond acceptors (Lipinski definition) is 1. The topological polar surface area (TPSA) is 5.90 Å². The molecule has 1 heteroatoms. The molecule has 0 aromatic heterocycles. The van der Waals surface area contributed by atoms with Crippen molar-refractivity contribution in [3.05, 3.63) is 24.4 Å². The van der Waals surface area contributed by atoms with Crippen LogP contribution in [-0.2, 0) is 0 Å². The van der Waals surface area contributed by atoms with Crippen molar-refractivity contribution >= 4 is 0 Å². The highest BCUT2D eigenvalue weighted by Crippen LogP contribution is 2.02. The van der Waals surface area contributed by atoms with Gasteiger partial charge in [0.2, 0.25) is 0 Å². The minimum atomic E-state index is 1.10. The van der Waals surface area contributed by atoms with Gasteiger partial charge in [-0.25, -0.2) is 0 Å². The van der Waals surface area contributed by atoms with E-state index in [1.54, 1.807) is 0 Å². The Bertz CT molecular complexity index is 158. The Morgan fingerprint density at radius 3 is 2.75 bits per heavy atom. The van der Waals surface area contributed by atoms with Gasteiger partial charge in [-0.2, -0.15) is 0 Å². The minimum absolute atomic E-state index is 1.10. The second-order valence-electron chi connectivity index (χ2n) is 3.33. The average Bonchev–Trinajstić information content (AvgIpc) is 2.14. The molecule has 1 aliphatic rings. The van der Waals surface area contributed by atoms with Gasteiger partial charge < -0.3 is 0 Å². The van der Waals surface area contributed by atoms with Gasteiger partial charge in [0, 0.05) is 6.42 Å². The molecule has 1 rings (SSSR count). The Balaban J connectivity index is 2.00. The fraction of sp³-hybridized carbons (Fsp3) is 0.636. The second-order valence-corrected chi connectivity index (χ2v) is 3.33. The number of allylic oxidation sites excluding steroid dienone is 2. The molecule has 0 aromatic carbocycles. The molecule has 1 radical (unpaired) electrons. The molecule has 0 fully saturated rings. The summed E-state index contributed by atoms with van der Waals surface area (Å²) in [5.74, 6) is 0. The summed E-state index contributed by atoms with van der Waals surface area (Å²) >= 11 is 0. The summed E-state index contributed by atoms with van der Waals surface area (Å²) in [5.41, 5.74) is 0. The quantitative estimate of drug-likeness (QED) is 0.436. The van der Waals surface area contributed by atoms with Crippen molar-refractivity contribution in [2.45, 2.75) is 32.6 Å². The summed E-state index contributed by atoms with van der Waals surface area (Å²) in [6.07, 6.45) is 14.1.